The summed E-state index contributed by atoms with van der Waals surface area (Å²) in [5.41, 5.74) is 1.48. The fraction of sp³-hybridized carbons (Fsp3) is 0.800. The molecule has 1 saturated heterocycles. The normalized spacial score (nSPS) is 24.3. The van der Waals surface area contributed by atoms with Crippen molar-refractivity contribution < 1.29 is 0 Å². The van der Waals surface area contributed by atoms with Crippen LogP contribution < -0.4 is 10.6 Å². The molecule has 1 aliphatic heterocycles. The minimum absolute atomic E-state index is 0.179. The Bertz CT molecular complexity index is 417. The van der Waals surface area contributed by atoms with E-state index in [4.69, 9.17) is 0 Å². The van der Waals surface area contributed by atoms with Crippen molar-refractivity contribution in [3.8, 4) is 0 Å². The molecule has 108 valence electrons. The van der Waals surface area contributed by atoms with Crippen LogP contribution in [0.15, 0.2) is 6.20 Å². The van der Waals surface area contributed by atoms with Crippen LogP contribution in [0.4, 0.5) is 0 Å². The molecule has 4 nitrogen and oxygen atoms in total. The largest absolute Gasteiger partial charge is 0.345 e. The lowest BCUT2D eigenvalue weighted by molar-refractivity contribution is 0.140. The minimum atomic E-state index is 0.179. The summed E-state index contributed by atoms with van der Waals surface area (Å²) in [7, 11) is 0. The Morgan fingerprint density at radius 3 is 2.32 bits per heavy atom. The first kappa shape index (κ1) is 14.5. The summed E-state index contributed by atoms with van der Waals surface area (Å²) in [6.07, 6.45) is 4.17. The Kier molecular flexibility index (Phi) is 3.76. The van der Waals surface area contributed by atoms with Crippen molar-refractivity contribution in [1.29, 1.82) is 0 Å². The highest BCUT2D eigenvalue weighted by Gasteiger charge is 2.38. The van der Waals surface area contributed by atoms with Gasteiger partial charge in [-0.15, -0.1) is 0 Å². The molecule has 0 spiro atoms. The summed E-state index contributed by atoms with van der Waals surface area (Å²) >= 11 is 0. The van der Waals surface area contributed by atoms with E-state index in [2.05, 4.69) is 55.2 Å². The lowest BCUT2D eigenvalue weighted by atomic mass is 9.79. The molecule has 1 atom stereocenters. The second-order valence-electron chi connectivity index (χ2n) is 7.34. The van der Waals surface area contributed by atoms with Crippen LogP contribution in [0.3, 0.4) is 0 Å². The molecule has 1 aromatic rings. The molecule has 1 fully saturated rings. The molecule has 3 N–H and O–H groups in total. The predicted octanol–water partition coefficient (Wildman–Crippen LogP) is 2.68. The molecule has 0 radical (unpaired) electrons. The van der Waals surface area contributed by atoms with Gasteiger partial charge in [0.25, 0.3) is 0 Å². The van der Waals surface area contributed by atoms with Gasteiger partial charge in [0.05, 0.1) is 6.04 Å². The van der Waals surface area contributed by atoms with Crippen LogP contribution >= 0.6 is 0 Å². The number of H-pyrrole nitrogens is 1. The predicted molar refractivity (Wildman–Crippen MR) is 79.2 cm³/mol. The van der Waals surface area contributed by atoms with Crippen LogP contribution in [0.5, 0.6) is 0 Å². The Labute approximate surface area is 116 Å². The molecule has 1 aliphatic rings. The van der Waals surface area contributed by atoms with E-state index in [9.17, 15) is 0 Å². The number of rotatable bonds is 3. The van der Waals surface area contributed by atoms with Crippen molar-refractivity contribution >= 4 is 0 Å². The summed E-state index contributed by atoms with van der Waals surface area (Å²) < 4.78 is 0. The van der Waals surface area contributed by atoms with Crippen LogP contribution in [0.1, 0.15) is 65.0 Å². The molecule has 4 heteroatoms. The number of aromatic nitrogens is 2. The number of piperidine rings is 1. The fourth-order valence-corrected chi connectivity index (χ4v) is 3.53. The van der Waals surface area contributed by atoms with E-state index < -0.39 is 0 Å². The minimum Gasteiger partial charge on any atom is -0.345 e. The van der Waals surface area contributed by atoms with Crippen molar-refractivity contribution in [1.82, 2.24) is 20.6 Å². The second kappa shape index (κ2) is 4.91. The van der Waals surface area contributed by atoms with Gasteiger partial charge in [0.1, 0.15) is 5.82 Å². The number of hydrogen-bond donors (Lipinski definition) is 3. The SMILES string of the molecule is Cc1cnc([C@@H](C)NC2CC(C)(C)NC(C)(C)C2)[nH]1. The maximum atomic E-state index is 4.42. The van der Waals surface area contributed by atoms with Crippen molar-refractivity contribution in [3.05, 3.63) is 17.7 Å². The average molecular weight is 264 g/mol. The summed E-state index contributed by atoms with van der Waals surface area (Å²) in [4.78, 5) is 7.74. The Balaban J connectivity index is 2.02. The van der Waals surface area contributed by atoms with Gasteiger partial charge in [-0.1, -0.05) is 0 Å². The van der Waals surface area contributed by atoms with Gasteiger partial charge >= 0.3 is 0 Å². The van der Waals surface area contributed by atoms with Crippen molar-refractivity contribution in [2.45, 2.75) is 77.5 Å². The molecule has 19 heavy (non-hydrogen) atoms. The third-order valence-electron chi connectivity index (χ3n) is 3.81. The molecule has 0 amide bonds. The van der Waals surface area contributed by atoms with E-state index in [1.807, 2.05) is 13.1 Å². The summed E-state index contributed by atoms with van der Waals surface area (Å²) in [5.74, 6) is 1.03. The third-order valence-corrected chi connectivity index (χ3v) is 3.81. The van der Waals surface area contributed by atoms with E-state index in [0.717, 1.165) is 24.4 Å². The molecule has 0 aromatic carbocycles. The van der Waals surface area contributed by atoms with Gasteiger partial charge in [0, 0.05) is 29.0 Å². The van der Waals surface area contributed by atoms with Crippen LogP contribution in [0.25, 0.3) is 0 Å². The van der Waals surface area contributed by atoms with Crippen molar-refractivity contribution in [2.24, 2.45) is 0 Å². The fourth-order valence-electron chi connectivity index (χ4n) is 3.53. The van der Waals surface area contributed by atoms with E-state index in [1.54, 1.807) is 0 Å². The molecule has 0 bridgehead atoms. The van der Waals surface area contributed by atoms with Gasteiger partial charge in [-0.05, 0) is 54.4 Å². The topological polar surface area (TPSA) is 52.7 Å². The maximum absolute atomic E-state index is 4.42. The highest BCUT2D eigenvalue weighted by atomic mass is 15.1. The molecule has 0 saturated carbocycles. The highest BCUT2D eigenvalue weighted by molar-refractivity contribution is 5.05. The standard InChI is InChI=1S/C15H28N4/c1-10-9-16-13(17-10)11(2)18-12-7-14(3,4)19-15(5,6)8-12/h9,11-12,18-19H,7-8H2,1-6H3,(H,16,17)/t11-/m1/s1. The zero-order valence-corrected chi connectivity index (χ0v) is 13.1. The van der Waals surface area contributed by atoms with E-state index >= 15 is 0 Å². The zero-order chi connectivity index (χ0) is 14.3. The van der Waals surface area contributed by atoms with Crippen molar-refractivity contribution in [3.63, 3.8) is 0 Å². The monoisotopic (exact) mass is 264 g/mol. The Hall–Kier alpha value is -0.870. The smallest absolute Gasteiger partial charge is 0.123 e. The molecular formula is C15H28N4. The molecule has 1 aromatic heterocycles. The first-order valence-electron chi connectivity index (χ1n) is 7.24. The van der Waals surface area contributed by atoms with Gasteiger partial charge in [-0.25, -0.2) is 4.98 Å². The highest BCUT2D eigenvalue weighted by Crippen LogP contribution is 2.29. The molecule has 2 rings (SSSR count). The number of aryl methyl sites for hydroxylation is 1. The van der Waals surface area contributed by atoms with E-state index in [-0.39, 0.29) is 17.1 Å². The van der Waals surface area contributed by atoms with E-state index in [1.165, 1.54) is 0 Å². The number of hydrogen-bond acceptors (Lipinski definition) is 3. The third kappa shape index (κ3) is 3.80. The van der Waals surface area contributed by atoms with Gasteiger partial charge in [-0.2, -0.15) is 0 Å². The molecular weight excluding hydrogens is 236 g/mol. The second-order valence-corrected chi connectivity index (χ2v) is 7.34. The first-order chi connectivity index (χ1) is 8.67. The number of nitrogens with one attached hydrogen (secondary N) is 3. The Morgan fingerprint density at radius 1 is 1.26 bits per heavy atom. The molecule has 0 unspecified atom stereocenters. The lowest BCUT2D eigenvalue weighted by Gasteiger charge is -2.47. The average Bonchev–Trinajstić information content (AvgIpc) is 2.59. The quantitative estimate of drug-likeness (QED) is 0.787. The Morgan fingerprint density at radius 2 is 1.84 bits per heavy atom. The number of nitrogens with zero attached hydrogens (tertiary/aromatic N) is 1. The van der Waals surface area contributed by atoms with Crippen LogP contribution in [-0.2, 0) is 0 Å². The summed E-state index contributed by atoms with van der Waals surface area (Å²) in [6, 6.07) is 0.787. The number of aromatic amines is 1. The van der Waals surface area contributed by atoms with Crippen molar-refractivity contribution in [2.75, 3.05) is 0 Å². The molecule has 0 aliphatic carbocycles. The van der Waals surface area contributed by atoms with Crippen LogP contribution in [0.2, 0.25) is 0 Å². The van der Waals surface area contributed by atoms with E-state index in [0.29, 0.717) is 6.04 Å². The summed E-state index contributed by atoms with van der Waals surface area (Å²) in [6.45, 7) is 13.4. The van der Waals surface area contributed by atoms with Gasteiger partial charge in [0.2, 0.25) is 0 Å². The number of imidazole rings is 1. The van der Waals surface area contributed by atoms with Gasteiger partial charge < -0.3 is 15.6 Å². The van der Waals surface area contributed by atoms with Gasteiger partial charge in [0.15, 0.2) is 0 Å². The lowest BCUT2D eigenvalue weighted by Crippen LogP contribution is -2.61. The maximum Gasteiger partial charge on any atom is 0.123 e. The van der Waals surface area contributed by atoms with Crippen LogP contribution in [0, 0.1) is 6.92 Å². The first-order valence-corrected chi connectivity index (χ1v) is 7.24. The van der Waals surface area contributed by atoms with Gasteiger partial charge in [-0.3, -0.25) is 0 Å². The molecule has 2 heterocycles. The zero-order valence-electron chi connectivity index (χ0n) is 13.1. The summed E-state index contributed by atoms with van der Waals surface area (Å²) in [5, 5.41) is 7.44. The van der Waals surface area contributed by atoms with Crippen LogP contribution in [-0.4, -0.2) is 27.1 Å².